The molecule has 0 aromatic heterocycles. The summed E-state index contributed by atoms with van der Waals surface area (Å²) in [6.07, 6.45) is 0. The number of hydrogen-bond acceptors (Lipinski definition) is 1. The van der Waals surface area contributed by atoms with Crippen molar-refractivity contribution in [2.45, 2.75) is 0 Å². The fraction of sp³-hybridized carbons (Fsp3) is 1.00. The van der Waals surface area contributed by atoms with Crippen molar-refractivity contribution in [3.05, 3.63) is 0 Å². The van der Waals surface area contributed by atoms with Crippen LogP contribution in [-0.4, -0.2) is 20.0 Å². The van der Waals surface area contributed by atoms with Crippen LogP contribution in [0.3, 0.4) is 0 Å². The normalized spacial score (nSPS) is 8.56. The van der Waals surface area contributed by atoms with Gasteiger partial charge in [-0.25, -0.2) is 4.57 Å². The van der Waals surface area contributed by atoms with Crippen molar-refractivity contribution in [2.24, 2.45) is 0 Å². The first-order chi connectivity index (χ1) is 3.41. The van der Waals surface area contributed by atoms with Crippen LogP contribution in [0.1, 0.15) is 1.43 Å². The minimum atomic E-state index is -4.64. The minimum absolute atomic E-state index is 0. The largest absolute Gasteiger partial charge is 1.00 e. The molecule has 3 N–H and O–H groups in total. The van der Waals surface area contributed by atoms with Crippen molar-refractivity contribution in [1.29, 1.82) is 0 Å². The summed E-state index contributed by atoms with van der Waals surface area (Å²) in [5, 5.41) is 0.194. The molecule has 0 bridgehead atoms. The van der Waals surface area contributed by atoms with Crippen LogP contribution < -0.4 is 29.6 Å². The summed E-state index contributed by atoms with van der Waals surface area (Å²) in [5.74, 6) is 0. The zero-order valence-corrected chi connectivity index (χ0v) is 9.07. The Hall–Kier alpha value is 1.69. The molecule has 0 aromatic carbocycles. The zero-order chi connectivity index (χ0) is 7.21. The second-order valence-electron chi connectivity index (χ2n) is 0.614. The molecule has 54 valence electrons. The van der Waals surface area contributed by atoms with Gasteiger partial charge in [-0.15, -0.1) is 23.2 Å². The smallest absolute Gasteiger partial charge is 1.00 e. The summed E-state index contributed by atoms with van der Waals surface area (Å²) >= 11 is 9.53. The molecular weight excluding hydrogens is 201 g/mol. The predicted octanol–water partition coefficient (Wildman–Crippen LogP) is -2.39. The third kappa shape index (κ3) is 201. The molecule has 9 heavy (non-hydrogen) atoms. The van der Waals surface area contributed by atoms with Crippen molar-refractivity contribution < 1.29 is 50.2 Å². The fourth-order valence-electron chi connectivity index (χ4n) is 0. The first kappa shape index (κ1) is 17.0. The van der Waals surface area contributed by atoms with Gasteiger partial charge in [0.2, 0.25) is 0 Å². The van der Waals surface area contributed by atoms with E-state index in [1.54, 1.807) is 0 Å². The first-order valence-electron chi connectivity index (χ1n) is 1.32. The van der Waals surface area contributed by atoms with Gasteiger partial charge in [-0.1, -0.05) is 0 Å². The van der Waals surface area contributed by atoms with Gasteiger partial charge in [-0.2, -0.15) is 0 Å². The van der Waals surface area contributed by atoms with Crippen LogP contribution in [0.4, 0.5) is 0 Å². The average molecular weight is 207 g/mol. The summed E-state index contributed by atoms with van der Waals surface area (Å²) in [6.45, 7) is 0. The molecule has 0 unspecified atom stereocenters. The fourth-order valence-corrected chi connectivity index (χ4v) is 0. The minimum Gasteiger partial charge on any atom is -1.00 e. The monoisotopic (exact) mass is 206 g/mol. The molecule has 0 spiro atoms. The molecule has 8 heteroatoms. The van der Waals surface area contributed by atoms with Gasteiger partial charge in [0.15, 0.2) is 0 Å². The van der Waals surface area contributed by atoms with Crippen molar-refractivity contribution in [1.82, 2.24) is 0 Å². The van der Waals surface area contributed by atoms with Crippen LogP contribution in [0.2, 0.25) is 0 Å². The SMILES string of the molecule is ClCCl.O=P(O)(O)O.[H-].[Na+]. The molecule has 0 atom stereocenters. The van der Waals surface area contributed by atoms with E-state index >= 15 is 0 Å². The van der Waals surface area contributed by atoms with Gasteiger partial charge < -0.3 is 16.1 Å². The average Bonchev–Trinajstić information content (AvgIpc) is 1.27. The van der Waals surface area contributed by atoms with Crippen LogP contribution >= 0.6 is 31.0 Å². The molecule has 0 radical (unpaired) electrons. The van der Waals surface area contributed by atoms with E-state index in [1.165, 1.54) is 0 Å². The molecule has 0 aliphatic rings. The van der Waals surface area contributed by atoms with Crippen LogP contribution in [0.25, 0.3) is 0 Å². The Balaban J connectivity index is -0.0000000326. The van der Waals surface area contributed by atoms with Gasteiger partial charge in [0.05, 0.1) is 5.34 Å². The Labute approximate surface area is 86.2 Å². The van der Waals surface area contributed by atoms with Crippen LogP contribution in [0.5, 0.6) is 0 Å². The van der Waals surface area contributed by atoms with Crippen molar-refractivity contribution in [3.63, 3.8) is 0 Å². The maximum atomic E-state index is 8.88. The third-order valence-corrected chi connectivity index (χ3v) is 0. The number of phosphoric acid groups is 1. The maximum absolute atomic E-state index is 8.88. The summed E-state index contributed by atoms with van der Waals surface area (Å²) in [7, 11) is -4.64. The standard InChI is InChI=1S/CH2Cl2.Na.H3O4P.H/c2-1-3;;1-5(2,3)4;/h1H2;;(H3,1,2,3,4);/q;+1;;-1. The van der Waals surface area contributed by atoms with Gasteiger partial charge in [0, 0.05) is 0 Å². The molecule has 0 aliphatic heterocycles. The zero-order valence-electron chi connectivity index (χ0n) is 5.66. The molecular formula is CH6Cl2NaO4P. The second-order valence-corrected chi connectivity index (χ2v) is 2.45. The molecule has 4 nitrogen and oxygen atoms in total. The van der Waals surface area contributed by atoms with E-state index in [9.17, 15) is 0 Å². The first-order valence-corrected chi connectivity index (χ1v) is 3.95. The summed E-state index contributed by atoms with van der Waals surface area (Å²) in [6, 6.07) is 0. The molecule has 0 aliphatic carbocycles. The summed E-state index contributed by atoms with van der Waals surface area (Å²) in [4.78, 5) is 21.6. The summed E-state index contributed by atoms with van der Waals surface area (Å²) < 4.78 is 8.88. The van der Waals surface area contributed by atoms with Crippen molar-refractivity contribution >= 4 is 31.0 Å². The third-order valence-electron chi connectivity index (χ3n) is 0. The molecule has 0 aromatic rings. The van der Waals surface area contributed by atoms with Crippen molar-refractivity contribution in [2.75, 3.05) is 5.34 Å². The van der Waals surface area contributed by atoms with Crippen LogP contribution in [0, 0.1) is 0 Å². The molecule has 0 rings (SSSR count). The number of rotatable bonds is 0. The topological polar surface area (TPSA) is 77.8 Å². The Morgan fingerprint density at radius 1 is 1.33 bits per heavy atom. The Morgan fingerprint density at radius 3 is 1.33 bits per heavy atom. The molecule has 0 heterocycles. The second kappa shape index (κ2) is 9.69. The van der Waals surface area contributed by atoms with Crippen molar-refractivity contribution in [3.8, 4) is 0 Å². The Morgan fingerprint density at radius 2 is 1.33 bits per heavy atom. The van der Waals surface area contributed by atoms with Gasteiger partial charge in [-0.3, -0.25) is 0 Å². The van der Waals surface area contributed by atoms with E-state index in [-0.39, 0.29) is 36.3 Å². The quantitative estimate of drug-likeness (QED) is 0.235. The summed E-state index contributed by atoms with van der Waals surface area (Å²) in [5.41, 5.74) is 0. The van der Waals surface area contributed by atoms with E-state index in [0.29, 0.717) is 0 Å². The molecule has 0 saturated heterocycles. The Bertz CT molecular complexity index is 79.1. The maximum Gasteiger partial charge on any atom is 1.00 e. The van der Waals surface area contributed by atoms with E-state index in [0.717, 1.165) is 0 Å². The van der Waals surface area contributed by atoms with E-state index < -0.39 is 7.82 Å². The molecule has 0 amide bonds. The van der Waals surface area contributed by atoms with Gasteiger partial charge >= 0.3 is 37.4 Å². The molecule has 0 fully saturated rings. The predicted molar refractivity (Wildman–Crippen MR) is 31.9 cm³/mol. The van der Waals surface area contributed by atoms with Crippen LogP contribution in [-0.2, 0) is 4.57 Å². The number of alkyl halides is 2. The Kier molecular flexibility index (Phi) is 18.3. The van der Waals surface area contributed by atoms with Gasteiger partial charge in [0.1, 0.15) is 0 Å². The van der Waals surface area contributed by atoms with Gasteiger partial charge in [0.25, 0.3) is 0 Å². The van der Waals surface area contributed by atoms with E-state index in [2.05, 4.69) is 0 Å². The van der Waals surface area contributed by atoms with E-state index in [1.807, 2.05) is 0 Å². The number of halogens is 2. The number of hydrogen-bond donors (Lipinski definition) is 3. The molecule has 0 saturated carbocycles. The van der Waals surface area contributed by atoms with Gasteiger partial charge in [-0.05, 0) is 0 Å². The van der Waals surface area contributed by atoms with Crippen LogP contribution in [0.15, 0.2) is 0 Å². The van der Waals surface area contributed by atoms with E-state index in [4.69, 9.17) is 42.4 Å².